The lowest BCUT2D eigenvalue weighted by Gasteiger charge is -2.10. The molecular weight excluding hydrogens is 350 g/mol. The summed E-state index contributed by atoms with van der Waals surface area (Å²) in [5.41, 5.74) is 3.05. The Morgan fingerprint density at radius 1 is 1.07 bits per heavy atom. The first-order chi connectivity index (χ1) is 13.8. The lowest BCUT2D eigenvalue weighted by Crippen LogP contribution is -2.17. The maximum Gasteiger partial charge on any atom is 0.202 e. The molecule has 1 aliphatic heterocycles. The van der Waals surface area contributed by atoms with Crippen molar-refractivity contribution in [3.8, 4) is 5.75 Å². The molecule has 5 rings (SSSR count). The molecule has 5 nitrogen and oxygen atoms in total. The number of ketones is 1. The summed E-state index contributed by atoms with van der Waals surface area (Å²) in [4.78, 5) is 17.4. The van der Waals surface area contributed by atoms with E-state index in [2.05, 4.69) is 20.9 Å². The Labute approximate surface area is 162 Å². The normalized spacial score (nSPS) is 14.0. The Hall–Kier alpha value is -3.18. The molecule has 0 aliphatic carbocycles. The molecule has 2 aromatic heterocycles. The molecular formula is C23H21N3O2. The standard InChI is InChI=1S/C23H21N3O2/c27-21(15-28-22-7-3-4-16-14-25-10-8-17(16)22)23-18-5-1-2-6-19(18)26-13-12-24-11-9-20(23)26/h1-8,10,14,24H,9,11-13,15H2. The lowest BCUT2D eigenvalue weighted by molar-refractivity contribution is 0.0923. The Bertz CT molecular complexity index is 1170. The molecule has 5 heteroatoms. The van der Waals surface area contributed by atoms with Crippen LogP contribution in [0.1, 0.15) is 16.1 Å². The van der Waals surface area contributed by atoms with Crippen LogP contribution in [0.25, 0.3) is 21.7 Å². The van der Waals surface area contributed by atoms with Gasteiger partial charge in [0, 0.05) is 65.8 Å². The molecule has 0 radical (unpaired) electrons. The molecule has 0 spiro atoms. The van der Waals surface area contributed by atoms with E-state index < -0.39 is 0 Å². The largest absolute Gasteiger partial charge is 0.485 e. The number of benzene rings is 2. The van der Waals surface area contributed by atoms with E-state index in [0.29, 0.717) is 5.75 Å². The average molecular weight is 371 g/mol. The Morgan fingerprint density at radius 3 is 2.96 bits per heavy atom. The molecule has 0 atom stereocenters. The van der Waals surface area contributed by atoms with Gasteiger partial charge in [-0.05, 0) is 18.2 Å². The molecule has 4 aromatic rings. The van der Waals surface area contributed by atoms with Crippen molar-refractivity contribution in [3.63, 3.8) is 0 Å². The smallest absolute Gasteiger partial charge is 0.202 e. The molecule has 0 bridgehead atoms. The summed E-state index contributed by atoms with van der Waals surface area (Å²) in [7, 11) is 0. The fourth-order valence-corrected chi connectivity index (χ4v) is 4.14. The third kappa shape index (κ3) is 2.84. The summed E-state index contributed by atoms with van der Waals surface area (Å²) in [6, 6.07) is 15.9. The minimum Gasteiger partial charge on any atom is -0.485 e. The molecule has 28 heavy (non-hydrogen) atoms. The van der Waals surface area contributed by atoms with Crippen LogP contribution in [0.2, 0.25) is 0 Å². The second kappa shape index (κ2) is 7.09. The average Bonchev–Trinajstić information content (AvgIpc) is 2.87. The van der Waals surface area contributed by atoms with E-state index >= 15 is 0 Å². The number of ether oxygens (including phenoxy) is 1. The molecule has 1 N–H and O–H groups in total. The van der Waals surface area contributed by atoms with Gasteiger partial charge in [0.15, 0.2) is 6.61 Å². The second-order valence-corrected chi connectivity index (χ2v) is 7.06. The van der Waals surface area contributed by atoms with Gasteiger partial charge in [0.2, 0.25) is 5.78 Å². The van der Waals surface area contributed by atoms with Crippen molar-refractivity contribution in [2.45, 2.75) is 13.0 Å². The molecule has 0 unspecified atom stereocenters. The molecule has 2 aromatic carbocycles. The number of hydrogen-bond donors (Lipinski definition) is 1. The van der Waals surface area contributed by atoms with E-state index in [1.807, 2.05) is 42.5 Å². The van der Waals surface area contributed by atoms with E-state index in [-0.39, 0.29) is 12.4 Å². The highest BCUT2D eigenvalue weighted by Crippen LogP contribution is 2.29. The van der Waals surface area contributed by atoms with E-state index in [1.54, 1.807) is 12.4 Å². The lowest BCUT2D eigenvalue weighted by atomic mass is 10.0. The maximum atomic E-state index is 13.2. The van der Waals surface area contributed by atoms with E-state index in [0.717, 1.165) is 59.0 Å². The number of nitrogens with one attached hydrogen (secondary N) is 1. The first-order valence-electron chi connectivity index (χ1n) is 9.62. The van der Waals surface area contributed by atoms with Crippen LogP contribution in [0.3, 0.4) is 0 Å². The van der Waals surface area contributed by atoms with E-state index in [1.165, 1.54) is 0 Å². The number of Topliss-reactive ketones (excluding diaryl/α,β-unsaturated/α-hetero) is 1. The highest BCUT2D eigenvalue weighted by molar-refractivity contribution is 6.10. The van der Waals surface area contributed by atoms with Crippen molar-refractivity contribution in [2.75, 3.05) is 19.7 Å². The first-order valence-corrected chi connectivity index (χ1v) is 9.62. The van der Waals surface area contributed by atoms with E-state index in [4.69, 9.17) is 4.74 Å². The van der Waals surface area contributed by atoms with Crippen LogP contribution in [0.5, 0.6) is 5.75 Å². The van der Waals surface area contributed by atoms with Crippen LogP contribution in [0.15, 0.2) is 60.9 Å². The molecule has 140 valence electrons. The van der Waals surface area contributed by atoms with Gasteiger partial charge >= 0.3 is 0 Å². The van der Waals surface area contributed by atoms with Crippen LogP contribution in [0, 0.1) is 0 Å². The SMILES string of the molecule is O=C(COc1cccc2cnccc12)c1c2n(c3ccccc13)CCNCC2. The summed E-state index contributed by atoms with van der Waals surface area (Å²) < 4.78 is 8.26. The molecule has 0 fully saturated rings. The van der Waals surface area contributed by atoms with Crippen LogP contribution in [-0.2, 0) is 13.0 Å². The predicted octanol–water partition coefficient (Wildman–Crippen LogP) is 3.60. The van der Waals surface area contributed by atoms with Gasteiger partial charge < -0.3 is 14.6 Å². The molecule has 1 aliphatic rings. The fourth-order valence-electron chi connectivity index (χ4n) is 4.14. The minimum atomic E-state index is 0.0237. The number of para-hydroxylation sites is 1. The van der Waals surface area contributed by atoms with Crippen molar-refractivity contribution in [2.24, 2.45) is 0 Å². The maximum absolute atomic E-state index is 13.2. The Morgan fingerprint density at radius 2 is 2.00 bits per heavy atom. The monoisotopic (exact) mass is 371 g/mol. The van der Waals surface area contributed by atoms with Gasteiger partial charge in [-0.3, -0.25) is 9.78 Å². The Kier molecular flexibility index (Phi) is 4.29. The van der Waals surface area contributed by atoms with Gasteiger partial charge in [0.25, 0.3) is 0 Å². The topological polar surface area (TPSA) is 56.1 Å². The van der Waals surface area contributed by atoms with Gasteiger partial charge in [-0.25, -0.2) is 0 Å². The number of pyridine rings is 1. The fraction of sp³-hybridized carbons (Fsp3) is 0.217. The van der Waals surface area contributed by atoms with Crippen LogP contribution in [0.4, 0.5) is 0 Å². The van der Waals surface area contributed by atoms with Crippen molar-refractivity contribution in [1.82, 2.24) is 14.9 Å². The van der Waals surface area contributed by atoms with Gasteiger partial charge in [0.1, 0.15) is 5.75 Å². The summed E-state index contributed by atoms with van der Waals surface area (Å²) in [6.07, 6.45) is 4.39. The third-order valence-electron chi connectivity index (χ3n) is 5.41. The second-order valence-electron chi connectivity index (χ2n) is 7.06. The van der Waals surface area contributed by atoms with Gasteiger partial charge in [-0.15, -0.1) is 0 Å². The number of carbonyl (C=O) groups is 1. The molecule has 0 saturated carbocycles. The minimum absolute atomic E-state index is 0.0237. The number of rotatable bonds is 4. The Balaban J connectivity index is 1.50. The zero-order chi connectivity index (χ0) is 18.9. The van der Waals surface area contributed by atoms with Crippen molar-refractivity contribution in [3.05, 3.63) is 72.2 Å². The zero-order valence-corrected chi connectivity index (χ0v) is 15.5. The number of nitrogens with zero attached hydrogens (tertiary/aromatic N) is 2. The quantitative estimate of drug-likeness (QED) is 0.557. The predicted molar refractivity (Wildman–Crippen MR) is 110 cm³/mol. The van der Waals surface area contributed by atoms with Crippen LogP contribution >= 0.6 is 0 Å². The van der Waals surface area contributed by atoms with Crippen LogP contribution < -0.4 is 10.1 Å². The number of fused-ring (bicyclic) bond motifs is 4. The number of hydrogen-bond acceptors (Lipinski definition) is 4. The van der Waals surface area contributed by atoms with Crippen LogP contribution in [-0.4, -0.2) is 35.0 Å². The van der Waals surface area contributed by atoms with Gasteiger partial charge in [-0.1, -0.05) is 30.3 Å². The van der Waals surface area contributed by atoms with Crippen molar-refractivity contribution >= 4 is 27.5 Å². The zero-order valence-electron chi connectivity index (χ0n) is 15.5. The van der Waals surface area contributed by atoms with Crippen molar-refractivity contribution in [1.29, 1.82) is 0 Å². The summed E-state index contributed by atoms with van der Waals surface area (Å²) in [6.45, 7) is 2.70. The molecule has 3 heterocycles. The first kappa shape index (κ1) is 17.0. The summed E-state index contributed by atoms with van der Waals surface area (Å²) in [5, 5.41) is 6.41. The number of carbonyl (C=O) groups excluding carboxylic acids is 1. The van der Waals surface area contributed by atoms with Gasteiger partial charge in [0.05, 0.1) is 5.56 Å². The highest BCUT2D eigenvalue weighted by atomic mass is 16.5. The van der Waals surface area contributed by atoms with E-state index in [9.17, 15) is 4.79 Å². The summed E-state index contributed by atoms with van der Waals surface area (Å²) >= 11 is 0. The molecule has 0 amide bonds. The van der Waals surface area contributed by atoms with Crippen molar-refractivity contribution < 1.29 is 9.53 Å². The number of aromatic nitrogens is 2. The third-order valence-corrected chi connectivity index (χ3v) is 5.41. The van der Waals surface area contributed by atoms with Gasteiger partial charge in [-0.2, -0.15) is 0 Å². The molecule has 0 saturated heterocycles. The summed E-state index contributed by atoms with van der Waals surface area (Å²) in [5.74, 6) is 0.738. The highest BCUT2D eigenvalue weighted by Gasteiger charge is 2.23.